The Kier molecular flexibility index (Phi) is 5.56. The lowest BCUT2D eigenvalue weighted by atomic mass is 10.2. The molecule has 2 aromatic rings. The van der Waals surface area contributed by atoms with Crippen LogP contribution in [0.15, 0.2) is 54.6 Å². The predicted octanol–water partition coefficient (Wildman–Crippen LogP) is 2.88. The first-order valence-corrected chi connectivity index (χ1v) is 8.01. The second-order valence-corrected chi connectivity index (χ2v) is 5.72. The van der Waals surface area contributed by atoms with Crippen LogP contribution in [-0.2, 0) is 16.1 Å². The number of ether oxygens (including phenoxy) is 2. The number of nitrogens with zero attached hydrogens (tertiary/aromatic N) is 1. The van der Waals surface area contributed by atoms with E-state index in [0.717, 1.165) is 0 Å². The second-order valence-electron chi connectivity index (χ2n) is 5.72. The summed E-state index contributed by atoms with van der Waals surface area (Å²) in [5, 5.41) is 0. The van der Waals surface area contributed by atoms with Gasteiger partial charge in [0.05, 0.1) is 25.9 Å². The van der Waals surface area contributed by atoms with E-state index < -0.39 is 0 Å². The molecule has 0 bridgehead atoms. The van der Waals surface area contributed by atoms with Gasteiger partial charge in [0, 0.05) is 24.2 Å². The summed E-state index contributed by atoms with van der Waals surface area (Å²) in [5.41, 5.74) is 1.19. The molecule has 1 fully saturated rings. The Hall–Kier alpha value is -2.24. The van der Waals surface area contributed by atoms with E-state index in [9.17, 15) is 9.18 Å². The molecule has 1 atom stereocenters. The molecule has 4 nitrogen and oxygen atoms in total. The van der Waals surface area contributed by atoms with Gasteiger partial charge in [-0.3, -0.25) is 4.79 Å². The molecule has 0 N–H and O–H groups in total. The van der Waals surface area contributed by atoms with E-state index in [1.165, 1.54) is 6.07 Å². The zero-order chi connectivity index (χ0) is 16.8. The number of carbonyl (C=O) groups is 1. The summed E-state index contributed by atoms with van der Waals surface area (Å²) in [4.78, 5) is 14.2. The zero-order valence-electron chi connectivity index (χ0n) is 13.4. The monoisotopic (exact) mass is 329 g/mol. The van der Waals surface area contributed by atoms with Crippen LogP contribution in [0, 0.1) is 5.82 Å². The molecule has 3 rings (SSSR count). The van der Waals surface area contributed by atoms with Crippen molar-refractivity contribution in [2.45, 2.75) is 12.7 Å². The van der Waals surface area contributed by atoms with Gasteiger partial charge in [-0.25, -0.2) is 4.39 Å². The van der Waals surface area contributed by atoms with Gasteiger partial charge in [-0.2, -0.15) is 0 Å². The minimum Gasteiger partial charge on any atom is -0.374 e. The first kappa shape index (κ1) is 16.6. The van der Waals surface area contributed by atoms with Crippen LogP contribution in [0.5, 0.6) is 0 Å². The SMILES string of the molecule is O=C(c1ccccc1)N1CCOC(COCc2ccccc2F)C1. The van der Waals surface area contributed by atoms with Gasteiger partial charge in [-0.15, -0.1) is 0 Å². The first-order chi connectivity index (χ1) is 11.7. The summed E-state index contributed by atoms with van der Waals surface area (Å²) in [6.45, 7) is 2.04. The highest BCUT2D eigenvalue weighted by Gasteiger charge is 2.25. The Balaban J connectivity index is 1.51. The molecule has 2 aromatic carbocycles. The minimum absolute atomic E-state index is 0.00185. The highest BCUT2D eigenvalue weighted by atomic mass is 19.1. The Morgan fingerprint density at radius 1 is 1.17 bits per heavy atom. The summed E-state index contributed by atoms with van der Waals surface area (Å²) in [6.07, 6.45) is -0.196. The van der Waals surface area contributed by atoms with Gasteiger partial charge in [0.25, 0.3) is 5.91 Å². The zero-order valence-corrected chi connectivity index (χ0v) is 13.4. The molecule has 126 valence electrons. The standard InChI is InChI=1S/C19H20FNO3/c20-18-9-5-4-8-16(18)13-23-14-17-12-21(10-11-24-17)19(22)15-6-2-1-3-7-15/h1-9,17H,10-14H2. The summed E-state index contributed by atoms with van der Waals surface area (Å²) in [6, 6.07) is 15.7. The van der Waals surface area contributed by atoms with Crippen molar-refractivity contribution in [3.8, 4) is 0 Å². The van der Waals surface area contributed by atoms with Gasteiger partial charge >= 0.3 is 0 Å². The molecule has 0 radical (unpaired) electrons. The first-order valence-electron chi connectivity index (χ1n) is 8.01. The maximum atomic E-state index is 13.5. The summed E-state index contributed by atoms with van der Waals surface area (Å²) in [5.74, 6) is -0.277. The summed E-state index contributed by atoms with van der Waals surface area (Å²) in [7, 11) is 0. The van der Waals surface area contributed by atoms with Crippen LogP contribution in [0.1, 0.15) is 15.9 Å². The van der Waals surface area contributed by atoms with Crippen molar-refractivity contribution in [3.05, 3.63) is 71.5 Å². The molecule has 1 heterocycles. The molecule has 0 aromatic heterocycles. The number of halogens is 1. The van der Waals surface area contributed by atoms with Crippen LogP contribution in [0.2, 0.25) is 0 Å². The lowest BCUT2D eigenvalue weighted by molar-refractivity contribution is -0.0649. The lowest BCUT2D eigenvalue weighted by Crippen LogP contribution is -2.47. The van der Waals surface area contributed by atoms with Crippen molar-refractivity contribution < 1.29 is 18.7 Å². The maximum Gasteiger partial charge on any atom is 0.254 e. The number of morpholine rings is 1. The molecule has 1 unspecified atom stereocenters. The van der Waals surface area contributed by atoms with Crippen LogP contribution in [0.4, 0.5) is 4.39 Å². The van der Waals surface area contributed by atoms with Crippen molar-refractivity contribution in [2.75, 3.05) is 26.3 Å². The molecule has 5 heteroatoms. The molecule has 0 spiro atoms. The number of hydrogen-bond acceptors (Lipinski definition) is 3. The topological polar surface area (TPSA) is 38.8 Å². The number of benzene rings is 2. The van der Waals surface area contributed by atoms with Gasteiger partial charge in [-0.1, -0.05) is 36.4 Å². The van der Waals surface area contributed by atoms with E-state index in [0.29, 0.717) is 37.4 Å². The highest BCUT2D eigenvalue weighted by molar-refractivity contribution is 5.94. The Bertz CT molecular complexity index is 677. The Labute approximate surface area is 140 Å². The molecule has 0 saturated carbocycles. The van der Waals surface area contributed by atoms with E-state index >= 15 is 0 Å². The van der Waals surface area contributed by atoms with Gasteiger partial charge in [0.15, 0.2) is 0 Å². The van der Waals surface area contributed by atoms with E-state index in [1.54, 1.807) is 23.1 Å². The number of hydrogen-bond donors (Lipinski definition) is 0. The van der Waals surface area contributed by atoms with Crippen molar-refractivity contribution in [1.82, 2.24) is 4.90 Å². The number of amides is 1. The van der Waals surface area contributed by atoms with Crippen LogP contribution in [0.3, 0.4) is 0 Å². The Morgan fingerprint density at radius 3 is 2.71 bits per heavy atom. The number of rotatable bonds is 5. The largest absolute Gasteiger partial charge is 0.374 e. The highest BCUT2D eigenvalue weighted by Crippen LogP contribution is 2.13. The molecule has 24 heavy (non-hydrogen) atoms. The third-order valence-electron chi connectivity index (χ3n) is 3.97. The van der Waals surface area contributed by atoms with E-state index in [4.69, 9.17) is 9.47 Å². The molecular weight excluding hydrogens is 309 g/mol. The van der Waals surface area contributed by atoms with Crippen molar-refractivity contribution in [1.29, 1.82) is 0 Å². The van der Waals surface area contributed by atoms with Gasteiger partial charge < -0.3 is 14.4 Å². The molecule has 1 saturated heterocycles. The van der Waals surface area contributed by atoms with Crippen LogP contribution >= 0.6 is 0 Å². The predicted molar refractivity (Wildman–Crippen MR) is 88.1 cm³/mol. The van der Waals surface area contributed by atoms with Crippen molar-refractivity contribution >= 4 is 5.91 Å². The maximum absolute atomic E-state index is 13.5. The minimum atomic E-state index is -0.275. The average Bonchev–Trinajstić information content (AvgIpc) is 2.64. The van der Waals surface area contributed by atoms with E-state index in [-0.39, 0.29) is 24.4 Å². The van der Waals surface area contributed by atoms with Crippen molar-refractivity contribution in [2.24, 2.45) is 0 Å². The van der Waals surface area contributed by atoms with Crippen LogP contribution in [-0.4, -0.2) is 43.2 Å². The summed E-state index contributed by atoms with van der Waals surface area (Å²) >= 11 is 0. The normalized spacial score (nSPS) is 17.7. The fourth-order valence-corrected chi connectivity index (χ4v) is 2.68. The van der Waals surface area contributed by atoms with Crippen LogP contribution in [0.25, 0.3) is 0 Å². The molecule has 1 aliphatic rings. The third-order valence-corrected chi connectivity index (χ3v) is 3.97. The molecular formula is C19H20FNO3. The van der Waals surface area contributed by atoms with Crippen LogP contribution < -0.4 is 0 Å². The fraction of sp³-hybridized carbons (Fsp3) is 0.316. The molecule has 0 aliphatic carbocycles. The van der Waals surface area contributed by atoms with Gasteiger partial charge in [0.1, 0.15) is 5.82 Å². The smallest absolute Gasteiger partial charge is 0.254 e. The fourth-order valence-electron chi connectivity index (χ4n) is 2.68. The molecule has 1 amide bonds. The second kappa shape index (κ2) is 8.04. The van der Waals surface area contributed by atoms with E-state index in [2.05, 4.69) is 0 Å². The van der Waals surface area contributed by atoms with Crippen molar-refractivity contribution in [3.63, 3.8) is 0 Å². The average molecular weight is 329 g/mol. The third kappa shape index (κ3) is 4.19. The molecule has 1 aliphatic heterocycles. The van der Waals surface area contributed by atoms with E-state index in [1.807, 2.05) is 30.3 Å². The quantitative estimate of drug-likeness (QED) is 0.847. The lowest BCUT2D eigenvalue weighted by Gasteiger charge is -2.33. The van der Waals surface area contributed by atoms with Gasteiger partial charge in [0.2, 0.25) is 0 Å². The number of carbonyl (C=O) groups excluding carboxylic acids is 1. The Morgan fingerprint density at radius 2 is 1.92 bits per heavy atom. The summed E-state index contributed by atoms with van der Waals surface area (Å²) < 4.78 is 24.8. The van der Waals surface area contributed by atoms with Gasteiger partial charge in [-0.05, 0) is 18.2 Å².